The van der Waals surface area contributed by atoms with Crippen LogP contribution >= 0.6 is 0 Å². The van der Waals surface area contributed by atoms with E-state index in [1.807, 2.05) is 20.0 Å². The van der Waals surface area contributed by atoms with E-state index in [0.717, 1.165) is 25.2 Å². The monoisotopic (exact) mass is 171 g/mol. The summed E-state index contributed by atoms with van der Waals surface area (Å²) in [4.78, 5) is 0. The van der Waals surface area contributed by atoms with Crippen molar-refractivity contribution in [2.75, 3.05) is 13.7 Å². The maximum atomic E-state index is 9.69. The zero-order chi connectivity index (χ0) is 8.97. The summed E-state index contributed by atoms with van der Waals surface area (Å²) in [6.45, 7) is 2.67. The van der Waals surface area contributed by atoms with Crippen molar-refractivity contribution in [3.8, 4) is 0 Å². The van der Waals surface area contributed by atoms with Gasteiger partial charge in [0.2, 0.25) is 0 Å². The van der Waals surface area contributed by atoms with Crippen LogP contribution in [0.25, 0.3) is 0 Å². The van der Waals surface area contributed by atoms with Gasteiger partial charge in [0, 0.05) is 6.04 Å². The zero-order valence-corrected chi connectivity index (χ0v) is 7.71. The van der Waals surface area contributed by atoms with Crippen LogP contribution in [0.4, 0.5) is 0 Å². The van der Waals surface area contributed by atoms with Gasteiger partial charge in [-0.05, 0) is 32.9 Å². The lowest BCUT2D eigenvalue weighted by atomic mass is 10.1. The minimum absolute atomic E-state index is 0.0503. The van der Waals surface area contributed by atoms with Crippen LogP contribution in [-0.4, -0.2) is 30.9 Å². The van der Waals surface area contributed by atoms with Crippen molar-refractivity contribution in [1.29, 1.82) is 0 Å². The molecule has 12 heavy (non-hydrogen) atoms. The molecule has 0 aromatic rings. The lowest BCUT2D eigenvalue weighted by molar-refractivity contribution is 0.0734. The Kier molecular flexibility index (Phi) is 3.56. The summed E-state index contributed by atoms with van der Waals surface area (Å²) in [6, 6.07) is 0.0503. The number of rotatable bonds is 3. The topological polar surface area (TPSA) is 41.5 Å². The number of aliphatic hydroxyl groups is 1. The highest BCUT2D eigenvalue weighted by Crippen LogP contribution is 2.15. The van der Waals surface area contributed by atoms with Crippen LogP contribution in [0.5, 0.6) is 0 Å². The third-order valence-corrected chi connectivity index (χ3v) is 2.18. The number of nitrogens with one attached hydrogen (secondary N) is 1. The summed E-state index contributed by atoms with van der Waals surface area (Å²) >= 11 is 0. The molecule has 2 atom stereocenters. The quantitative estimate of drug-likeness (QED) is 0.655. The van der Waals surface area contributed by atoms with E-state index >= 15 is 0 Å². The molecule has 1 unspecified atom stereocenters. The molecule has 0 aromatic carbocycles. The molecule has 1 aliphatic rings. The molecule has 70 valence electrons. The van der Waals surface area contributed by atoms with Crippen LogP contribution in [-0.2, 0) is 4.74 Å². The smallest absolute Gasteiger partial charge is 0.126 e. The molecule has 0 fully saturated rings. The fourth-order valence-electron chi connectivity index (χ4n) is 1.19. The lowest BCUT2D eigenvalue weighted by Crippen LogP contribution is -2.37. The number of aliphatic hydroxyl groups excluding tert-OH is 1. The first kappa shape index (κ1) is 9.55. The van der Waals surface area contributed by atoms with Gasteiger partial charge in [0.25, 0.3) is 0 Å². The fraction of sp³-hybridized carbons (Fsp3) is 0.778. The Balaban J connectivity index is 2.49. The van der Waals surface area contributed by atoms with Gasteiger partial charge in [-0.25, -0.2) is 0 Å². The maximum absolute atomic E-state index is 9.69. The Morgan fingerprint density at radius 2 is 2.42 bits per heavy atom. The third kappa shape index (κ3) is 2.22. The summed E-state index contributed by atoms with van der Waals surface area (Å²) in [7, 11) is 1.83. The standard InChI is InChI=1S/C9H17NO2/c1-7(10-2)9(11)8-5-3-4-6-12-8/h5,7,9-11H,3-4,6H2,1-2H3/t7-,9?/m0/s1. The first-order chi connectivity index (χ1) is 5.75. The summed E-state index contributed by atoms with van der Waals surface area (Å²) in [5.74, 6) is 0.725. The molecule has 0 amide bonds. The van der Waals surface area contributed by atoms with E-state index in [2.05, 4.69) is 5.32 Å². The van der Waals surface area contributed by atoms with Gasteiger partial charge in [-0.15, -0.1) is 0 Å². The molecule has 0 aliphatic carbocycles. The second-order valence-corrected chi connectivity index (χ2v) is 3.12. The van der Waals surface area contributed by atoms with Crippen molar-refractivity contribution in [3.63, 3.8) is 0 Å². The van der Waals surface area contributed by atoms with Crippen molar-refractivity contribution in [1.82, 2.24) is 5.32 Å². The van der Waals surface area contributed by atoms with E-state index in [0.29, 0.717) is 0 Å². The van der Waals surface area contributed by atoms with Gasteiger partial charge in [0.15, 0.2) is 0 Å². The van der Waals surface area contributed by atoms with E-state index < -0.39 is 6.10 Å². The van der Waals surface area contributed by atoms with Crippen LogP contribution in [0.1, 0.15) is 19.8 Å². The van der Waals surface area contributed by atoms with E-state index in [1.54, 1.807) is 0 Å². The van der Waals surface area contributed by atoms with Crippen LogP contribution in [0.2, 0.25) is 0 Å². The highest BCUT2D eigenvalue weighted by atomic mass is 16.5. The van der Waals surface area contributed by atoms with Gasteiger partial charge in [-0.3, -0.25) is 0 Å². The van der Waals surface area contributed by atoms with Crippen molar-refractivity contribution in [2.45, 2.75) is 31.9 Å². The predicted molar refractivity (Wildman–Crippen MR) is 47.8 cm³/mol. The predicted octanol–water partition coefficient (Wildman–Crippen LogP) is 0.649. The lowest BCUT2D eigenvalue weighted by Gasteiger charge is -2.23. The fourth-order valence-corrected chi connectivity index (χ4v) is 1.19. The third-order valence-electron chi connectivity index (χ3n) is 2.18. The molecule has 0 spiro atoms. The second-order valence-electron chi connectivity index (χ2n) is 3.12. The summed E-state index contributed by atoms with van der Waals surface area (Å²) in [5.41, 5.74) is 0. The number of hydrogen-bond donors (Lipinski definition) is 2. The van der Waals surface area contributed by atoms with Crippen LogP contribution < -0.4 is 5.32 Å². The van der Waals surface area contributed by atoms with Crippen molar-refractivity contribution < 1.29 is 9.84 Å². The summed E-state index contributed by atoms with van der Waals surface area (Å²) in [6.07, 6.45) is 3.55. The van der Waals surface area contributed by atoms with Crippen LogP contribution in [0.15, 0.2) is 11.8 Å². The van der Waals surface area contributed by atoms with Gasteiger partial charge in [-0.1, -0.05) is 0 Å². The number of ether oxygens (including phenoxy) is 1. The minimum atomic E-state index is -0.504. The number of allylic oxidation sites excluding steroid dienone is 1. The van der Waals surface area contributed by atoms with E-state index in [1.165, 1.54) is 0 Å². The molecular formula is C9H17NO2. The summed E-state index contributed by atoms with van der Waals surface area (Å²) < 4.78 is 5.33. The molecule has 1 aliphatic heterocycles. The molecule has 1 heterocycles. The van der Waals surface area contributed by atoms with Gasteiger partial charge in [0.1, 0.15) is 11.9 Å². The minimum Gasteiger partial charge on any atom is -0.495 e. The van der Waals surface area contributed by atoms with Crippen molar-refractivity contribution >= 4 is 0 Å². The Morgan fingerprint density at radius 1 is 1.67 bits per heavy atom. The van der Waals surface area contributed by atoms with Crippen LogP contribution in [0, 0.1) is 0 Å². The molecule has 0 radical (unpaired) electrons. The van der Waals surface area contributed by atoms with E-state index in [-0.39, 0.29) is 6.04 Å². The zero-order valence-electron chi connectivity index (χ0n) is 7.71. The molecule has 0 saturated heterocycles. The van der Waals surface area contributed by atoms with Gasteiger partial charge >= 0.3 is 0 Å². The molecule has 0 bridgehead atoms. The second kappa shape index (κ2) is 4.48. The first-order valence-electron chi connectivity index (χ1n) is 4.44. The van der Waals surface area contributed by atoms with E-state index in [9.17, 15) is 5.11 Å². The Labute approximate surface area is 73.4 Å². The molecule has 2 N–H and O–H groups in total. The number of hydrogen-bond acceptors (Lipinski definition) is 3. The number of likely N-dealkylation sites (N-methyl/N-ethyl adjacent to an activating group) is 1. The largest absolute Gasteiger partial charge is 0.495 e. The first-order valence-corrected chi connectivity index (χ1v) is 4.44. The van der Waals surface area contributed by atoms with Gasteiger partial charge < -0.3 is 15.2 Å². The molecule has 1 rings (SSSR count). The van der Waals surface area contributed by atoms with Crippen molar-refractivity contribution in [3.05, 3.63) is 11.8 Å². The Hall–Kier alpha value is -0.540. The van der Waals surface area contributed by atoms with Gasteiger partial charge in [-0.2, -0.15) is 0 Å². The summed E-state index contributed by atoms with van der Waals surface area (Å²) in [5, 5.41) is 12.7. The molecule has 0 saturated carbocycles. The normalized spacial score (nSPS) is 22.4. The van der Waals surface area contributed by atoms with Crippen molar-refractivity contribution in [2.24, 2.45) is 0 Å². The Bertz CT molecular complexity index is 168. The SMILES string of the molecule is CN[C@@H](C)C(O)C1=CCCCO1. The molecular weight excluding hydrogens is 154 g/mol. The average Bonchev–Trinajstić information content (AvgIpc) is 2.17. The molecule has 3 heteroatoms. The average molecular weight is 171 g/mol. The highest BCUT2D eigenvalue weighted by Gasteiger charge is 2.19. The van der Waals surface area contributed by atoms with E-state index in [4.69, 9.17) is 4.74 Å². The van der Waals surface area contributed by atoms with Crippen LogP contribution in [0.3, 0.4) is 0 Å². The maximum Gasteiger partial charge on any atom is 0.126 e. The Morgan fingerprint density at radius 3 is 2.92 bits per heavy atom. The molecule has 0 aromatic heterocycles. The highest BCUT2D eigenvalue weighted by molar-refractivity contribution is 5.05. The van der Waals surface area contributed by atoms with Gasteiger partial charge in [0.05, 0.1) is 6.61 Å². The molecule has 3 nitrogen and oxygen atoms in total.